The molecule has 1 atom stereocenters. The van der Waals surface area contributed by atoms with Crippen LogP contribution in [0.4, 0.5) is 8.78 Å². The van der Waals surface area contributed by atoms with Crippen molar-refractivity contribution >= 4 is 6.08 Å². The molecular formula is C12H13F2N. The second-order valence-corrected chi connectivity index (χ2v) is 3.73. The van der Waals surface area contributed by atoms with Gasteiger partial charge in [0.1, 0.15) is 11.6 Å². The van der Waals surface area contributed by atoms with E-state index in [2.05, 4.69) is 5.32 Å². The van der Waals surface area contributed by atoms with Crippen LogP contribution in [0.15, 0.2) is 24.3 Å². The van der Waals surface area contributed by atoms with E-state index < -0.39 is 5.82 Å². The van der Waals surface area contributed by atoms with Crippen molar-refractivity contribution in [3.05, 3.63) is 41.5 Å². The predicted molar refractivity (Wildman–Crippen MR) is 56.4 cm³/mol. The van der Waals surface area contributed by atoms with E-state index in [0.717, 1.165) is 31.5 Å². The fraction of sp³-hybridized carbons (Fsp3) is 0.333. The molecule has 1 aromatic rings. The molecule has 15 heavy (non-hydrogen) atoms. The fourth-order valence-electron chi connectivity index (χ4n) is 1.74. The summed E-state index contributed by atoms with van der Waals surface area (Å²) in [5.74, 6) is -0.791. The third-order valence-electron chi connectivity index (χ3n) is 2.56. The van der Waals surface area contributed by atoms with Gasteiger partial charge in [-0.3, -0.25) is 0 Å². The first-order valence-electron chi connectivity index (χ1n) is 5.12. The summed E-state index contributed by atoms with van der Waals surface area (Å²) < 4.78 is 26.0. The lowest BCUT2D eigenvalue weighted by Gasteiger charge is -2.02. The highest BCUT2D eigenvalue weighted by atomic mass is 19.1. The molecule has 1 aromatic carbocycles. The molecule has 0 amide bonds. The molecule has 1 nitrogen and oxygen atoms in total. The van der Waals surface area contributed by atoms with Crippen molar-refractivity contribution in [3.63, 3.8) is 0 Å². The number of halogens is 2. The topological polar surface area (TPSA) is 12.0 Å². The van der Waals surface area contributed by atoms with Gasteiger partial charge in [-0.1, -0.05) is 12.2 Å². The van der Waals surface area contributed by atoms with Crippen LogP contribution in [0.25, 0.3) is 6.08 Å². The van der Waals surface area contributed by atoms with Gasteiger partial charge in [-0.2, -0.15) is 0 Å². The lowest BCUT2D eigenvalue weighted by atomic mass is 10.1. The molecule has 1 fully saturated rings. The molecule has 2 rings (SSSR count). The minimum Gasteiger partial charge on any atom is -0.311 e. The van der Waals surface area contributed by atoms with E-state index >= 15 is 0 Å². The Morgan fingerprint density at radius 2 is 2.20 bits per heavy atom. The van der Waals surface area contributed by atoms with E-state index in [1.54, 1.807) is 6.08 Å². The normalized spacial score (nSPS) is 21.3. The van der Waals surface area contributed by atoms with Crippen LogP contribution >= 0.6 is 0 Å². The van der Waals surface area contributed by atoms with E-state index in [0.29, 0.717) is 11.6 Å². The number of nitrogens with one attached hydrogen (secondary N) is 1. The first kappa shape index (κ1) is 10.3. The number of benzene rings is 1. The summed E-state index contributed by atoms with van der Waals surface area (Å²) in [7, 11) is 0. The minimum absolute atomic E-state index is 0.299. The van der Waals surface area contributed by atoms with Gasteiger partial charge < -0.3 is 5.32 Å². The highest BCUT2D eigenvalue weighted by Crippen LogP contribution is 2.13. The van der Waals surface area contributed by atoms with Crippen molar-refractivity contribution in [2.75, 3.05) is 6.54 Å². The summed E-state index contributed by atoms with van der Waals surface area (Å²) in [6.07, 6.45) is 5.74. The fourth-order valence-corrected chi connectivity index (χ4v) is 1.74. The molecule has 1 unspecified atom stereocenters. The van der Waals surface area contributed by atoms with Crippen LogP contribution in [0, 0.1) is 11.6 Å². The van der Waals surface area contributed by atoms with Crippen LogP contribution in [0.5, 0.6) is 0 Å². The first-order valence-corrected chi connectivity index (χ1v) is 5.12. The Kier molecular flexibility index (Phi) is 3.11. The van der Waals surface area contributed by atoms with Gasteiger partial charge in [0.15, 0.2) is 0 Å². The minimum atomic E-state index is -0.407. The second-order valence-electron chi connectivity index (χ2n) is 3.73. The maximum atomic E-state index is 13.2. The van der Waals surface area contributed by atoms with E-state index in [1.807, 2.05) is 6.08 Å². The lowest BCUT2D eigenvalue weighted by molar-refractivity contribution is 0.597. The van der Waals surface area contributed by atoms with Crippen molar-refractivity contribution in [1.29, 1.82) is 0 Å². The van der Waals surface area contributed by atoms with Crippen molar-refractivity contribution < 1.29 is 8.78 Å². The molecule has 1 N–H and O–H groups in total. The number of hydrogen-bond acceptors (Lipinski definition) is 1. The number of hydrogen-bond donors (Lipinski definition) is 1. The van der Waals surface area contributed by atoms with Crippen LogP contribution in [-0.4, -0.2) is 12.6 Å². The highest BCUT2D eigenvalue weighted by molar-refractivity contribution is 5.50. The average Bonchev–Trinajstić information content (AvgIpc) is 2.72. The smallest absolute Gasteiger partial charge is 0.130 e. The molecule has 1 aliphatic rings. The molecule has 0 saturated carbocycles. The monoisotopic (exact) mass is 209 g/mol. The van der Waals surface area contributed by atoms with Crippen molar-refractivity contribution in [3.8, 4) is 0 Å². The van der Waals surface area contributed by atoms with Crippen LogP contribution in [0.1, 0.15) is 18.4 Å². The summed E-state index contributed by atoms with van der Waals surface area (Å²) in [6.45, 7) is 1.00. The molecule has 0 radical (unpaired) electrons. The highest BCUT2D eigenvalue weighted by Gasteiger charge is 2.10. The molecule has 80 valence electrons. The van der Waals surface area contributed by atoms with E-state index in [1.165, 1.54) is 6.07 Å². The van der Waals surface area contributed by atoms with Crippen LogP contribution in [0.2, 0.25) is 0 Å². The van der Waals surface area contributed by atoms with Crippen molar-refractivity contribution in [2.24, 2.45) is 0 Å². The molecule has 0 spiro atoms. The van der Waals surface area contributed by atoms with Crippen LogP contribution in [0.3, 0.4) is 0 Å². The largest absolute Gasteiger partial charge is 0.311 e. The summed E-state index contributed by atoms with van der Waals surface area (Å²) in [4.78, 5) is 0. The summed E-state index contributed by atoms with van der Waals surface area (Å²) in [5.41, 5.74) is 0.309. The maximum Gasteiger partial charge on any atom is 0.130 e. The summed E-state index contributed by atoms with van der Waals surface area (Å²) in [5, 5.41) is 3.26. The van der Waals surface area contributed by atoms with Gasteiger partial charge in [0, 0.05) is 11.6 Å². The Hall–Kier alpha value is -1.22. The SMILES string of the molecule is Fc1ccc(F)c(/C=C/C2CCCN2)c1. The van der Waals surface area contributed by atoms with Gasteiger partial charge in [-0.25, -0.2) is 8.78 Å². The summed E-state index contributed by atoms with van der Waals surface area (Å²) >= 11 is 0. The Morgan fingerprint density at radius 3 is 2.93 bits per heavy atom. The Balaban J connectivity index is 2.11. The third-order valence-corrected chi connectivity index (χ3v) is 2.56. The van der Waals surface area contributed by atoms with Gasteiger partial charge in [-0.15, -0.1) is 0 Å². The summed E-state index contributed by atoms with van der Waals surface area (Å²) in [6, 6.07) is 3.78. The Bertz CT molecular complexity index is 368. The molecule has 0 aliphatic carbocycles. The Labute approximate surface area is 87.8 Å². The predicted octanol–water partition coefficient (Wildman–Crippen LogP) is 2.73. The molecule has 1 heterocycles. The number of rotatable bonds is 2. The van der Waals surface area contributed by atoms with Crippen LogP contribution in [-0.2, 0) is 0 Å². The van der Waals surface area contributed by atoms with Gasteiger partial charge in [-0.05, 0) is 37.6 Å². The van der Waals surface area contributed by atoms with Crippen molar-refractivity contribution in [1.82, 2.24) is 5.32 Å². The zero-order valence-electron chi connectivity index (χ0n) is 8.34. The first-order chi connectivity index (χ1) is 7.25. The van der Waals surface area contributed by atoms with Crippen molar-refractivity contribution in [2.45, 2.75) is 18.9 Å². The molecule has 3 heteroatoms. The lowest BCUT2D eigenvalue weighted by Crippen LogP contribution is -2.17. The van der Waals surface area contributed by atoms with Crippen LogP contribution < -0.4 is 5.32 Å². The standard InChI is InChI=1S/C12H13F2N/c13-10-4-6-12(14)9(8-10)3-5-11-2-1-7-15-11/h3-6,8,11,15H,1-2,7H2/b5-3+. The quantitative estimate of drug-likeness (QED) is 0.789. The second kappa shape index (κ2) is 4.53. The van der Waals surface area contributed by atoms with E-state index in [9.17, 15) is 8.78 Å². The third kappa shape index (κ3) is 2.63. The van der Waals surface area contributed by atoms with Gasteiger partial charge in [0.2, 0.25) is 0 Å². The average molecular weight is 209 g/mol. The zero-order chi connectivity index (χ0) is 10.7. The maximum absolute atomic E-state index is 13.2. The molecule has 1 saturated heterocycles. The zero-order valence-corrected chi connectivity index (χ0v) is 8.34. The molecule has 0 aromatic heterocycles. The Morgan fingerprint density at radius 1 is 1.33 bits per heavy atom. The van der Waals surface area contributed by atoms with E-state index in [4.69, 9.17) is 0 Å². The van der Waals surface area contributed by atoms with E-state index in [-0.39, 0.29) is 5.82 Å². The van der Waals surface area contributed by atoms with Gasteiger partial charge in [0.05, 0.1) is 0 Å². The van der Waals surface area contributed by atoms with Gasteiger partial charge in [0.25, 0.3) is 0 Å². The molecule has 0 bridgehead atoms. The molecular weight excluding hydrogens is 196 g/mol. The molecule has 1 aliphatic heterocycles. The van der Waals surface area contributed by atoms with Gasteiger partial charge >= 0.3 is 0 Å².